The maximum Gasteiger partial charge on any atom is 0.344 e. The van der Waals surface area contributed by atoms with Crippen molar-refractivity contribution >= 4 is 15.0 Å². The third-order valence-electron chi connectivity index (χ3n) is 4.01. The van der Waals surface area contributed by atoms with E-state index in [-0.39, 0.29) is 6.54 Å². The van der Waals surface area contributed by atoms with Gasteiger partial charge < -0.3 is 14.7 Å². The summed E-state index contributed by atoms with van der Waals surface area (Å²) in [7, 11) is -8.61. The van der Waals surface area contributed by atoms with Gasteiger partial charge in [0.1, 0.15) is 0 Å². The van der Waals surface area contributed by atoms with Gasteiger partial charge in [-0.15, -0.1) is 0 Å². The Morgan fingerprint density at radius 3 is 2.38 bits per heavy atom. The van der Waals surface area contributed by atoms with E-state index in [1.807, 2.05) is 6.07 Å². The molecular weight excluding hydrogens is 372 g/mol. The van der Waals surface area contributed by atoms with Crippen LogP contribution in [0.15, 0.2) is 47.8 Å². The molecule has 6 nitrogen and oxygen atoms in total. The lowest BCUT2D eigenvalue weighted by Crippen LogP contribution is -2.39. The zero-order valence-electron chi connectivity index (χ0n) is 15.9. The summed E-state index contributed by atoms with van der Waals surface area (Å²) in [5.74, 6) is 0. The van der Waals surface area contributed by atoms with E-state index >= 15 is 0 Å². The fraction of sp³-hybridized carbons (Fsp3) is 0.500. The Morgan fingerprint density at radius 1 is 1.19 bits per heavy atom. The first-order chi connectivity index (χ1) is 11.9. The normalized spacial score (nSPS) is 16.0. The lowest BCUT2D eigenvalue weighted by molar-refractivity contribution is -0.694. The van der Waals surface area contributed by atoms with Gasteiger partial charge in [0.25, 0.3) is 0 Å². The zero-order valence-corrected chi connectivity index (χ0v) is 17.7. The van der Waals surface area contributed by atoms with E-state index in [1.165, 1.54) is 11.1 Å². The molecule has 0 spiro atoms. The van der Waals surface area contributed by atoms with E-state index in [1.54, 1.807) is 23.0 Å². The van der Waals surface area contributed by atoms with Gasteiger partial charge in [0.05, 0.1) is 0 Å². The summed E-state index contributed by atoms with van der Waals surface area (Å²) in [5.41, 5.74) is 3.56. The lowest BCUT2D eigenvalue weighted by atomic mass is 10.1. The molecule has 0 aromatic carbocycles. The van der Waals surface area contributed by atoms with Gasteiger partial charge in [-0.3, -0.25) is 9.13 Å². The number of hydrogen-bond acceptors (Lipinski definition) is 2. The van der Waals surface area contributed by atoms with Crippen LogP contribution in [0.25, 0.3) is 0 Å². The minimum atomic E-state index is -4.68. The molecule has 1 heterocycles. The summed E-state index contributed by atoms with van der Waals surface area (Å²) in [6, 6.07) is 3.70. The van der Waals surface area contributed by atoms with Crippen LogP contribution in [-0.4, -0.2) is 26.7 Å². The average molecular weight is 402 g/mol. The van der Waals surface area contributed by atoms with Crippen molar-refractivity contribution in [2.24, 2.45) is 0 Å². The fourth-order valence-electron chi connectivity index (χ4n) is 2.52. The van der Waals surface area contributed by atoms with Crippen molar-refractivity contribution in [1.82, 2.24) is 0 Å². The monoisotopic (exact) mass is 402 g/mol. The minimum Gasteiger partial charge on any atom is -0.344 e. The summed E-state index contributed by atoms with van der Waals surface area (Å²) < 4.78 is 25.0. The molecule has 146 valence electrons. The molecule has 0 radical (unpaired) electrons. The van der Waals surface area contributed by atoms with Crippen molar-refractivity contribution in [3.05, 3.63) is 53.4 Å². The molecule has 0 aliphatic rings. The van der Waals surface area contributed by atoms with Crippen LogP contribution in [0.4, 0.5) is 0 Å². The van der Waals surface area contributed by atoms with Crippen LogP contribution in [0.5, 0.6) is 0 Å². The molecule has 1 aromatic heterocycles. The molecule has 0 amide bonds. The van der Waals surface area contributed by atoms with Crippen LogP contribution in [0.3, 0.4) is 0 Å². The van der Waals surface area contributed by atoms with Gasteiger partial charge in [-0.05, 0) is 46.1 Å². The van der Waals surface area contributed by atoms with Crippen molar-refractivity contribution in [2.45, 2.75) is 52.0 Å². The maximum absolute atomic E-state index is 11.8. The van der Waals surface area contributed by atoms with Crippen LogP contribution in [-0.2, 0) is 22.1 Å². The minimum absolute atomic E-state index is 0.203. The highest BCUT2D eigenvalue weighted by molar-refractivity contribution is 7.73. The maximum atomic E-state index is 11.8. The first kappa shape index (κ1) is 23.0. The van der Waals surface area contributed by atoms with E-state index in [0.29, 0.717) is 6.42 Å². The smallest absolute Gasteiger partial charge is 0.344 e. The quantitative estimate of drug-likeness (QED) is 0.333. The molecule has 1 rings (SSSR count). The van der Waals surface area contributed by atoms with Crippen LogP contribution >= 0.6 is 15.0 Å². The Morgan fingerprint density at radius 2 is 1.85 bits per heavy atom. The van der Waals surface area contributed by atoms with Gasteiger partial charge in [-0.2, -0.15) is 0 Å². The van der Waals surface area contributed by atoms with Crippen molar-refractivity contribution in [3.8, 4) is 0 Å². The second-order valence-electron chi connectivity index (χ2n) is 7.00. The first-order valence-electron chi connectivity index (χ1n) is 8.51. The molecule has 0 aliphatic heterocycles. The second-order valence-corrected chi connectivity index (χ2v) is 11.7. The molecule has 0 aliphatic carbocycles. The molecule has 0 fully saturated rings. The molecule has 8 heteroatoms. The van der Waals surface area contributed by atoms with Gasteiger partial charge in [0, 0.05) is 18.3 Å². The third-order valence-corrected chi connectivity index (χ3v) is 8.41. The lowest BCUT2D eigenvalue weighted by Gasteiger charge is -2.18. The van der Waals surface area contributed by atoms with Crippen LogP contribution in [0.1, 0.15) is 39.2 Å². The number of hydrogen-bond donors (Lipinski definition) is 3. The number of aromatic nitrogens is 1. The van der Waals surface area contributed by atoms with Gasteiger partial charge in [0.15, 0.2) is 24.3 Å². The Kier molecular flexibility index (Phi) is 8.65. The Bertz CT molecular complexity index is 735. The van der Waals surface area contributed by atoms with E-state index in [9.17, 15) is 23.8 Å². The number of allylic oxidation sites excluding steroid dienone is 4. The average Bonchev–Trinajstić information content (AvgIpc) is 2.48. The molecule has 3 N–H and O–H groups in total. The van der Waals surface area contributed by atoms with Gasteiger partial charge in [0.2, 0.25) is 7.37 Å². The third kappa shape index (κ3) is 8.57. The van der Waals surface area contributed by atoms with E-state index in [2.05, 4.69) is 32.9 Å². The van der Waals surface area contributed by atoms with Crippen LogP contribution in [0.2, 0.25) is 0 Å². The highest BCUT2D eigenvalue weighted by atomic mass is 31.2. The highest BCUT2D eigenvalue weighted by Crippen LogP contribution is 2.60. The Hall–Kier alpha value is -1.03. The molecule has 0 saturated carbocycles. The van der Waals surface area contributed by atoms with Crippen molar-refractivity contribution < 1.29 is 28.4 Å². The second kappa shape index (κ2) is 9.77. The molecule has 2 unspecified atom stereocenters. The summed E-state index contributed by atoms with van der Waals surface area (Å²) in [4.78, 5) is 28.5. The topological polar surface area (TPSA) is 98.7 Å². The molecule has 0 saturated heterocycles. The van der Waals surface area contributed by atoms with Crippen molar-refractivity contribution in [2.75, 3.05) is 6.66 Å². The first-order valence-corrected chi connectivity index (χ1v) is 12.4. The Labute approximate surface area is 155 Å². The largest absolute Gasteiger partial charge is 0.344 e. The van der Waals surface area contributed by atoms with Gasteiger partial charge in [-0.25, -0.2) is 4.57 Å². The number of nitrogens with zero attached hydrogens (tertiary/aromatic N) is 1. The van der Waals surface area contributed by atoms with Crippen LogP contribution in [0, 0.1) is 0 Å². The van der Waals surface area contributed by atoms with Gasteiger partial charge in [-0.1, -0.05) is 23.3 Å². The summed E-state index contributed by atoms with van der Waals surface area (Å²) in [5, 5.41) is -1.60. The molecule has 26 heavy (non-hydrogen) atoms. The molecular formula is C18H30NO5P2+. The summed E-state index contributed by atoms with van der Waals surface area (Å²) in [6.45, 7) is 7.02. The van der Waals surface area contributed by atoms with E-state index in [0.717, 1.165) is 25.1 Å². The predicted molar refractivity (Wildman–Crippen MR) is 104 cm³/mol. The highest BCUT2D eigenvalue weighted by Gasteiger charge is 2.43. The predicted octanol–water partition coefficient (Wildman–Crippen LogP) is 3.61. The van der Waals surface area contributed by atoms with Gasteiger partial charge >= 0.3 is 7.60 Å². The molecule has 1 aromatic rings. The summed E-state index contributed by atoms with van der Waals surface area (Å²) in [6.07, 6.45) is 10.4. The molecule has 0 bridgehead atoms. The van der Waals surface area contributed by atoms with Crippen LogP contribution < -0.4 is 4.57 Å². The number of pyridine rings is 1. The Balaban J connectivity index is 2.83. The van der Waals surface area contributed by atoms with Crippen molar-refractivity contribution in [3.63, 3.8) is 0 Å². The summed E-state index contributed by atoms with van der Waals surface area (Å²) >= 11 is 0. The molecule has 2 atom stereocenters. The number of rotatable bonds is 9. The standard InChI is InChI=1S/C18H29NO5P2/c1-15(2)7-5-8-16(3)10-11-17-9-6-12-19(13-17)14-18(25(4,20)21)26(22,23)24/h6-7,9-10,12-13,18H,5,8,11,14H2,1-4H3,(H2-,20,21,22,23,24)/p+1/b16-10+. The SMILES string of the molecule is CC(C)=CCC/C(C)=C/Cc1ccc[n+](CC(P(C)(=O)O)P(=O)(O)O)c1. The van der Waals surface area contributed by atoms with E-state index < -0.39 is 20.4 Å². The fourth-order valence-corrected chi connectivity index (χ4v) is 5.64. The van der Waals surface area contributed by atoms with Crippen molar-refractivity contribution in [1.29, 1.82) is 0 Å². The zero-order chi connectivity index (χ0) is 20.0. The van der Waals surface area contributed by atoms with E-state index in [4.69, 9.17) is 0 Å².